The summed E-state index contributed by atoms with van der Waals surface area (Å²) in [6.07, 6.45) is 3.60. The van der Waals surface area contributed by atoms with E-state index in [1.165, 1.54) is 25.0 Å². The summed E-state index contributed by atoms with van der Waals surface area (Å²) in [5, 5.41) is 6.94. The van der Waals surface area contributed by atoms with Gasteiger partial charge in [-0.05, 0) is 55.0 Å². The zero-order valence-electron chi connectivity index (χ0n) is 25.9. The molecule has 2 aromatic heterocycles. The summed E-state index contributed by atoms with van der Waals surface area (Å²) in [5.74, 6) is 0.602. The van der Waals surface area contributed by atoms with E-state index in [9.17, 15) is 13.2 Å². The molecule has 0 bridgehead atoms. The van der Waals surface area contributed by atoms with Gasteiger partial charge >= 0.3 is 6.18 Å². The molecule has 6 rings (SSSR count). The van der Waals surface area contributed by atoms with E-state index in [2.05, 4.69) is 51.8 Å². The van der Waals surface area contributed by atoms with Crippen molar-refractivity contribution in [3.05, 3.63) is 95.9 Å². The molecule has 45 heavy (non-hydrogen) atoms. The summed E-state index contributed by atoms with van der Waals surface area (Å²) in [4.78, 5) is 16.2. The van der Waals surface area contributed by atoms with Crippen molar-refractivity contribution in [2.75, 3.05) is 43.4 Å². The molecule has 0 unspecified atom stereocenters. The average Bonchev–Trinajstić information content (AvgIpc) is 3.05. The van der Waals surface area contributed by atoms with Crippen LogP contribution in [0.25, 0.3) is 11.3 Å². The van der Waals surface area contributed by atoms with Crippen LogP contribution in [0.5, 0.6) is 0 Å². The molecule has 2 aliphatic rings. The minimum absolute atomic E-state index is 0.248. The Hall–Kier alpha value is -4.02. The Labute approximate surface area is 263 Å². The molecule has 2 aliphatic heterocycles. The SMILES string of the molecule is Cc1cc(Nc2ccc(CN(c3nccc(-c4ccc(C(F)(F)F)cc4)n3)C3CC[N+](C)(C4CCNCC4)CC3)cc2)ccn1. The van der Waals surface area contributed by atoms with Gasteiger partial charge in [-0.15, -0.1) is 0 Å². The molecule has 10 heteroatoms. The predicted molar refractivity (Wildman–Crippen MR) is 172 cm³/mol. The number of rotatable bonds is 8. The normalized spacial score (nSPS) is 21.0. The van der Waals surface area contributed by atoms with Gasteiger partial charge in [0.15, 0.2) is 0 Å². The molecule has 4 aromatic rings. The van der Waals surface area contributed by atoms with Gasteiger partial charge in [-0.1, -0.05) is 24.3 Å². The lowest BCUT2D eigenvalue weighted by atomic mass is 9.94. The topological polar surface area (TPSA) is 66.0 Å². The molecule has 0 aliphatic carbocycles. The van der Waals surface area contributed by atoms with Crippen LogP contribution in [0.1, 0.15) is 42.5 Å². The number of quaternary nitrogens is 1. The van der Waals surface area contributed by atoms with Crippen LogP contribution in [0, 0.1) is 6.92 Å². The van der Waals surface area contributed by atoms with Crippen molar-refractivity contribution in [1.82, 2.24) is 20.3 Å². The third-order valence-corrected chi connectivity index (χ3v) is 9.48. The molecule has 7 nitrogen and oxygen atoms in total. The van der Waals surface area contributed by atoms with Gasteiger partial charge < -0.3 is 20.0 Å². The van der Waals surface area contributed by atoms with Crippen LogP contribution in [0.4, 0.5) is 30.5 Å². The summed E-state index contributed by atoms with van der Waals surface area (Å²) in [5.41, 5.74) is 4.64. The molecule has 0 spiro atoms. The maximum atomic E-state index is 13.2. The highest BCUT2D eigenvalue weighted by Crippen LogP contribution is 2.33. The highest BCUT2D eigenvalue weighted by molar-refractivity contribution is 5.62. The largest absolute Gasteiger partial charge is 0.416 e. The number of alkyl halides is 3. The van der Waals surface area contributed by atoms with Crippen LogP contribution in [0.15, 0.2) is 79.1 Å². The quantitative estimate of drug-likeness (QED) is 0.208. The number of anilines is 3. The molecule has 2 saturated heterocycles. The van der Waals surface area contributed by atoms with Gasteiger partial charge in [-0.2, -0.15) is 13.2 Å². The fourth-order valence-corrected chi connectivity index (χ4v) is 6.77. The van der Waals surface area contributed by atoms with Gasteiger partial charge in [0.1, 0.15) is 0 Å². The fraction of sp³-hybridized carbons (Fsp3) is 0.400. The molecule has 2 N–H and O–H groups in total. The van der Waals surface area contributed by atoms with Crippen molar-refractivity contribution < 1.29 is 17.7 Å². The Morgan fingerprint density at radius 2 is 1.56 bits per heavy atom. The number of hydrogen-bond donors (Lipinski definition) is 2. The highest BCUT2D eigenvalue weighted by Gasteiger charge is 2.39. The lowest BCUT2D eigenvalue weighted by Crippen LogP contribution is -2.61. The first-order valence-corrected chi connectivity index (χ1v) is 15.8. The highest BCUT2D eigenvalue weighted by atomic mass is 19.4. The summed E-state index contributed by atoms with van der Waals surface area (Å²) in [7, 11) is 2.41. The van der Waals surface area contributed by atoms with E-state index in [1.54, 1.807) is 18.5 Å². The Balaban J connectivity index is 1.24. The van der Waals surface area contributed by atoms with E-state index < -0.39 is 11.7 Å². The van der Waals surface area contributed by atoms with Crippen molar-refractivity contribution in [1.29, 1.82) is 0 Å². The van der Waals surface area contributed by atoms with Crippen molar-refractivity contribution in [3.63, 3.8) is 0 Å². The minimum atomic E-state index is -4.38. The molecule has 0 saturated carbocycles. The van der Waals surface area contributed by atoms with Gasteiger partial charge in [0.2, 0.25) is 5.95 Å². The molecule has 0 amide bonds. The van der Waals surface area contributed by atoms with Crippen LogP contribution >= 0.6 is 0 Å². The first-order chi connectivity index (χ1) is 21.7. The second kappa shape index (κ2) is 13.1. The summed E-state index contributed by atoms with van der Waals surface area (Å²) < 4.78 is 40.7. The second-order valence-electron chi connectivity index (χ2n) is 12.6. The van der Waals surface area contributed by atoms with Gasteiger partial charge in [0.05, 0.1) is 37.4 Å². The Morgan fingerprint density at radius 3 is 2.22 bits per heavy atom. The zero-order valence-corrected chi connectivity index (χ0v) is 25.9. The number of aromatic nitrogens is 3. The van der Waals surface area contributed by atoms with Gasteiger partial charge in [-0.3, -0.25) is 4.98 Å². The van der Waals surface area contributed by atoms with Crippen LogP contribution in [0.3, 0.4) is 0 Å². The van der Waals surface area contributed by atoms with Crippen LogP contribution in [-0.4, -0.2) is 64.7 Å². The average molecular weight is 617 g/mol. The monoisotopic (exact) mass is 616 g/mol. The smallest absolute Gasteiger partial charge is 0.355 e. The molecule has 0 atom stereocenters. The number of hydrogen-bond acceptors (Lipinski definition) is 6. The van der Waals surface area contributed by atoms with Crippen LogP contribution in [-0.2, 0) is 12.7 Å². The number of nitrogens with one attached hydrogen (secondary N) is 2. The summed E-state index contributed by atoms with van der Waals surface area (Å²) in [6.45, 7) is 6.97. The van der Waals surface area contributed by atoms with E-state index in [0.29, 0.717) is 29.8 Å². The molecule has 2 aromatic carbocycles. The van der Waals surface area contributed by atoms with Gasteiger partial charge in [-0.25, -0.2) is 9.97 Å². The van der Waals surface area contributed by atoms with E-state index >= 15 is 0 Å². The van der Waals surface area contributed by atoms with Crippen molar-refractivity contribution in [3.8, 4) is 11.3 Å². The maximum Gasteiger partial charge on any atom is 0.416 e. The number of piperidine rings is 2. The lowest BCUT2D eigenvalue weighted by Gasteiger charge is -2.49. The zero-order chi connectivity index (χ0) is 31.4. The number of pyridine rings is 1. The first kappa shape index (κ1) is 31.0. The second-order valence-corrected chi connectivity index (χ2v) is 12.6. The molecule has 2 fully saturated rings. The number of halogens is 3. The van der Waals surface area contributed by atoms with Gasteiger partial charge in [0, 0.05) is 86.4 Å². The van der Waals surface area contributed by atoms with E-state index in [4.69, 9.17) is 9.97 Å². The Bertz CT molecular complexity index is 1560. The maximum absolute atomic E-state index is 13.2. The van der Waals surface area contributed by atoms with E-state index in [-0.39, 0.29) is 6.04 Å². The molecule has 4 heterocycles. The fourth-order valence-electron chi connectivity index (χ4n) is 6.77. The predicted octanol–water partition coefficient (Wildman–Crippen LogP) is 6.98. The number of nitrogens with zero attached hydrogens (tertiary/aromatic N) is 5. The molecule has 0 radical (unpaired) electrons. The Kier molecular flexibility index (Phi) is 9.05. The molecular formula is C35H41F3N7+. The standard InChI is InChI=1S/C35H41F3N7/c1-25-23-30(11-19-40-25)42-29-9-3-26(4-10-29)24-44(31-15-21-45(2,22-16-31)32-12-17-39-18-13-32)34-41-20-14-33(43-34)27-5-7-28(8-6-27)35(36,37)38/h3-11,14,19-20,23,31-32,39H,12-13,15-18,21-22,24H2,1-2H3,(H,40,42)/q+1. The third-order valence-electron chi connectivity index (χ3n) is 9.48. The van der Waals surface area contributed by atoms with Crippen LogP contribution < -0.4 is 15.5 Å². The summed E-state index contributed by atoms with van der Waals surface area (Å²) in [6, 6.07) is 20.2. The van der Waals surface area contributed by atoms with Crippen molar-refractivity contribution >= 4 is 17.3 Å². The minimum Gasteiger partial charge on any atom is -0.355 e. The van der Waals surface area contributed by atoms with E-state index in [1.807, 2.05) is 19.1 Å². The van der Waals surface area contributed by atoms with Crippen molar-refractivity contribution in [2.24, 2.45) is 0 Å². The summed E-state index contributed by atoms with van der Waals surface area (Å²) >= 11 is 0. The molecule has 236 valence electrons. The number of aryl methyl sites for hydroxylation is 1. The molecular weight excluding hydrogens is 575 g/mol. The lowest BCUT2D eigenvalue weighted by molar-refractivity contribution is -0.938. The van der Waals surface area contributed by atoms with Gasteiger partial charge in [0.25, 0.3) is 0 Å². The Morgan fingerprint density at radius 1 is 0.867 bits per heavy atom. The first-order valence-electron chi connectivity index (χ1n) is 15.8. The van der Waals surface area contributed by atoms with E-state index in [0.717, 1.165) is 78.3 Å². The van der Waals surface area contributed by atoms with Crippen LogP contribution in [0.2, 0.25) is 0 Å². The van der Waals surface area contributed by atoms with Crippen molar-refractivity contribution in [2.45, 2.75) is 57.4 Å². The third kappa shape index (κ3) is 7.45. The number of benzene rings is 2. The number of likely N-dealkylation sites (tertiary alicyclic amines) is 1.